The van der Waals surface area contributed by atoms with Gasteiger partial charge in [-0.2, -0.15) is 0 Å². The Hall–Kier alpha value is -2.41. The number of rotatable bonds is 4. The molecule has 0 spiro atoms. The normalized spacial score (nSPS) is 17.5. The Balaban J connectivity index is 1.70. The van der Waals surface area contributed by atoms with Gasteiger partial charge < -0.3 is 5.32 Å². The van der Waals surface area contributed by atoms with E-state index in [0.717, 1.165) is 12.0 Å². The number of anilines is 1. The third kappa shape index (κ3) is 4.04. The molecule has 2 aromatic carbocycles. The summed E-state index contributed by atoms with van der Waals surface area (Å²) < 4.78 is 38.7. The second-order valence-electron chi connectivity index (χ2n) is 6.39. The minimum absolute atomic E-state index is 0.157. The minimum Gasteiger partial charge on any atom is -0.346 e. The summed E-state index contributed by atoms with van der Waals surface area (Å²) in [6.07, 6.45) is 1.51. The van der Waals surface area contributed by atoms with Crippen molar-refractivity contribution in [3.05, 3.63) is 65.5 Å². The highest BCUT2D eigenvalue weighted by molar-refractivity contribution is 7.92. The zero-order valence-electron chi connectivity index (χ0n) is 14.5. The van der Waals surface area contributed by atoms with Gasteiger partial charge in [0, 0.05) is 12.1 Å². The second kappa shape index (κ2) is 7.45. The van der Waals surface area contributed by atoms with Gasteiger partial charge in [-0.15, -0.1) is 0 Å². The smallest absolute Gasteiger partial charge is 0.251 e. The summed E-state index contributed by atoms with van der Waals surface area (Å²) in [6, 6.07) is 12.2. The maximum atomic E-state index is 13.0. The number of nitrogens with zero attached hydrogens (tertiary/aromatic N) is 1. The summed E-state index contributed by atoms with van der Waals surface area (Å²) in [5.74, 6) is -0.435. The molecule has 0 bridgehead atoms. The van der Waals surface area contributed by atoms with Gasteiger partial charge in [-0.05, 0) is 61.7 Å². The average Bonchev–Trinajstić information content (AvgIpc) is 2.62. The molecule has 5 nitrogen and oxygen atoms in total. The maximum Gasteiger partial charge on any atom is 0.251 e. The molecule has 1 heterocycles. The average molecular weight is 376 g/mol. The van der Waals surface area contributed by atoms with Gasteiger partial charge in [0.1, 0.15) is 5.82 Å². The van der Waals surface area contributed by atoms with E-state index in [2.05, 4.69) is 5.32 Å². The van der Waals surface area contributed by atoms with Gasteiger partial charge >= 0.3 is 0 Å². The quantitative estimate of drug-likeness (QED) is 0.891. The Morgan fingerprint density at radius 1 is 1.08 bits per heavy atom. The number of carbonyl (C=O) groups excluding carboxylic acids is 1. The third-order valence-corrected chi connectivity index (χ3v) is 6.35. The molecule has 0 radical (unpaired) electrons. The molecule has 1 N–H and O–H groups in total. The van der Waals surface area contributed by atoms with E-state index in [4.69, 9.17) is 0 Å². The Labute approximate surface area is 152 Å². The molecule has 0 aliphatic carbocycles. The van der Waals surface area contributed by atoms with Crippen molar-refractivity contribution in [2.45, 2.75) is 25.8 Å². The Morgan fingerprint density at radius 2 is 1.73 bits per heavy atom. The lowest BCUT2D eigenvalue weighted by molar-refractivity contribution is 0.0940. The van der Waals surface area contributed by atoms with Gasteiger partial charge in [0.2, 0.25) is 10.0 Å². The van der Waals surface area contributed by atoms with Crippen molar-refractivity contribution in [2.75, 3.05) is 16.6 Å². The Kier molecular flexibility index (Phi) is 5.27. The van der Waals surface area contributed by atoms with Crippen molar-refractivity contribution in [3.63, 3.8) is 0 Å². The van der Waals surface area contributed by atoms with Gasteiger partial charge in [0.25, 0.3) is 5.91 Å². The number of benzene rings is 2. The summed E-state index contributed by atoms with van der Waals surface area (Å²) in [7, 11) is -3.27. The summed E-state index contributed by atoms with van der Waals surface area (Å²) in [5.41, 5.74) is 1.82. The van der Waals surface area contributed by atoms with Gasteiger partial charge in [-0.1, -0.05) is 12.1 Å². The molecule has 1 saturated heterocycles. The van der Waals surface area contributed by atoms with Crippen LogP contribution in [0, 0.1) is 5.82 Å². The number of amides is 1. The molecule has 7 heteroatoms. The lowest BCUT2D eigenvalue weighted by Gasteiger charge is -2.28. The number of nitrogens with one attached hydrogen (secondary N) is 1. The molecule has 1 aliphatic rings. The van der Waals surface area contributed by atoms with Crippen LogP contribution in [-0.4, -0.2) is 26.6 Å². The summed E-state index contributed by atoms with van der Waals surface area (Å²) in [6.45, 7) is 2.29. The predicted molar refractivity (Wildman–Crippen MR) is 99.1 cm³/mol. The highest BCUT2D eigenvalue weighted by Crippen LogP contribution is 2.24. The first kappa shape index (κ1) is 18.4. The lowest BCUT2D eigenvalue weighted by Crippen LogP contribution is -2.37. The molecule has 1 atom stereocenters. The van der Waals surface area contributed by atoms with Gasteiger partial charge in [-0.25, -0.2) is 12.8 Å². The van der Waals surface area contributed by atoms with Crippen LogP contribution in [-0.2, 0) is 10.0 Å². The van der Waals surface area contributed by atoms with E-state index in [1.54, 1.807) is 36.4 Å². The molecular weight excluding hydrogens is 355 g/mol. The maximum absolute atomic E-state index is 13.0. The number of hydrogen-bond acceptors (Lipinski definition) is 3. The van der Waals surface area contributed by atoms with Crippen LogP contribution in [0.3, 0.4) is 0 Å². The molecule has 1 fully saturated rings. The van der Waals surface area contributed by atoms with Gasteiger partial charge in [0.05, 0.1) is 17.5 Å². The number of sulfonamides is 1. The van der Waals surface area contributed by atoms with E-state index in [1.807, 2.05) is 6.92 Å². The number of carbonyl (C=O) groups is 1. The van der Waals surface area contributed by atoms with Crippen LogP contribution >= 0.6 is 0 Å². The predicted octanol–water partition coefficient (Wildman–Crippen LogP) is 3.25. The highest BCUT2D eigenvalue weighted by atomic mass is 32.2. The Bertz CT molecular complexity index is 880. The number of halogens is 1. The van der Waals surface area contributed by atoms with Crippen molar-refractivity contribution in [2.24, 2.45) is 0 Å². The standard InChI is InChI=1S/C19H21FN2O3S/c1-14(15-4-8-17(20)9-5-15)21-19(23)16-6-10-18(11-7-16)22-12-2-3-13-26(22,24)25/h4-11,14H,2-3,12-13H2,1H3,(H,21,23)/t14-/m1/s1. The molecular formula is C19H21FN2O3S. The van der Waals surface area contributed by atoms with Crippen molar-refractivity contribution < 1.29 is 17.6 Å². The monoisotopic (exact) mass is 376 g/mol. The first-order valence-corrected chi connectivity index (χ1v) is 10.1. The van der Waals surface area contributed by atoms with Crippen LogP contribution in [0.5, 0.6) is 0 Å². The fourth-order valence-electron chi connectivity index (χ4n) is 2.97. The van der Waals surface area contributed by atoms with E-state index in [0.29, 0.717) is 24.2 Å². The van der Waals surface area contributed by atoms with E-state index in [1.165, 1.54) is 16.4 Å². The first-order valence-electron chi connectivity index (χ1n) is 8.53. The lowest BCUT2D eigenvalue weighted by atomic mass is 10.1. The molecule has 26 heavy (non-hydrogen) atoms. The molecule has 138 valence electrons. The topological polar surface area (TPSA) is 66.5 Å². The van der Waals surface area contributed by atoms with Gasteiger partial charge in [0.15, 0.2) is 0 Å². The molecule has 0 aromatic heterocycles. The van der Waals surface area contributed by atoms with E-state index < -0.39 is 10.0 Å². The molecule has 3 rings (SSSR count). The first-order chi connectivity index (χ1) is 12.4. The molecule has 0 unspecified atom stereocenters. The summed E-state index contributed by atoms with van der Waals surface area (Å²) in [4.78, 5) is 12.4. The number of hydrogen-bond donors (Lipinski definition) is 1. The van der Waals surface area contributed by atoms with Crippen molar-refractivity contribution in [3.8, 4) is 0 Å². The highest BCUT2D eigenvalue weighted by Gasteiger charge is 2.26. The van der Waals surface area contributed by atoms with Crippen LogP contribution < -0.4 is 9.62 Å². The fraction of sp³-hybridized carbons (Fsp3) is 0.316. The largest absolute Gasteiger partial charge is 0.346 e. The third-order valence-electron chi connectivity index (χ3n) is 4.48. The molecule has 1 aliphatic heterocycles. The van der Waals surface area contributed by atoms with Gasteiger partial charge in [-0.3, -0.25) is 9.10 Å². The second-order valence-corrected chi connectivity index (χ2v) is 8.40. The minimum atomic E-state index is -3.27. The fourth-order valence-corrected chi connectivity index (χ4v) is 4.61. The van der Waals surface area contributed by atoms with E-state index in [-0.39, 0.29) is 23.5 Å². The zero-order chi connectivity index (χ0) is 18.7. The van der Waals surface area contributed by atoms with E-state index in [9.17, 15) is 17.6 Å². The van der Waals surface area contributed by atoms with Crippen LogP contribution in [0.2, 0.25) is 0 Å². The Morgan fingerprint density at radius 3 is 2.35 bits per heavy atom. The molecule has 1 amide bonds. The summed E-state index contributed by atoms with van der Waals surface area (Å²) >= 11 is 0. The van der Waals surface area contributed by atoms with Crippen molar-refractivity contribution in [1.82, 2.24) is 5.32 Å². The SMILES string of the molecule is C[C@@H](NC(=O)c1ccc(N2CCCCS2(=O)=O)cc1)c1ccc(F)cc1. The molecule has 0 saturated carbocycles. The van der Waals surface area contributed by atoms with Crippen LogP contribution in [0.25, 0.3) is 0 Å². The van der Waals surface area contributed by atoms with Crippen LogP contribution in [0.4, 0.5) is 10.1 Å². The van der Waals surface area contributed by atoms with Crippen molar-refractivity contribution in [1.29, 1.82) is 0 Å². The zero-order valence-corrected chi connectivity index (χ0v) is 15.3. The van der Waals surface area contributed by atoms with E-state index >= 15 is 0 Å². The van der Waals surface area contributed by atoms with Crippen molar-refractivity contribution >= 4 is 21.6 Å². The van der Waals surface area contributed by atoms with Crippen LogP contribution in [0.1, 0.15) is 41.7 Å². The molecule has 2 aromatic rings. The summed E-state index contributed by atoms with van der Waals surface area (Å²) in [5, 5.41) is 2.85. The van der Waals surface area contributed by atoms with Crippen LogP contribution in [0.15, 0.2) is 48.5 Å².